The molecule has 1 N–H and O–H groups in total. The number of carboxylic acids is 1. The van der Waals surface area contributed by atoms with E-state index in [2.05, 4.69) is 0 Å². The molecule has 0 aromatic heterocycles. The van der Waals surface area contributed by atoms with Crippen LogP contribution >= 0.6 is 0 Å². The summed E-state index contributed by atoms with van der Waals surface area (Å²) in [7, 11) is 3.05. The molecule has 0 bridgehead atoms. The van der Waals surface area contributed by atoms with Crippen LogP contribution in [0.3, 0.4) is 0 Å². The van der Waals surface area contributed by atoms with Crippen LogP contribution in [0.2, 0.25) is 0 Å². The SMILES string of the molecule is COc1cccc(OC)c1OC/C=C/C(=O)O. The predicted molar refractivity (Wildman–Crippen MR) is 61.8 cm³/mol. The van der Waals surface area contributed by atoms with E-state index >= 15 is 0 Å². The minimum absolute atomic E-state index is 0.128. The second kappa shape index (κ2) is 6.42. The van der Waals surface area contributed by atoms with Gasteiger partial charge in [-0.3, -0.25) is 0 Å². The van der Waals surface area contributed by atoms with Crippen molar-refractivity contribution >= 4 is 5.97 Å². The lowest BCUT2D eigenvalue weighted by atomic mass is 10.3. The van der Waals surface area contributed by atoms with Crippen LogP contribution in [0.15, 0.2) is 30.4 Å². The Bertz CT molecular complexity index is 389. The Labute approximate surface area is 99.2 Å². The number of hydrogen-bond donors (Lipinski definition) is 1. The molecule has 0 heterocycles. The molecule has 5 nitrogen and oxygen atoms in total. The Balaban J connectivity index is 2.77. The molecule has 0 atom stereocenters. The fourth-order valence-electron chi connectivity index (χ4n) is 1.24. The first-order chi connectivity index (χ1) is 8.19. The van der Waals surface area contributed by atoms with E-state index in [0.29, 0.717) is 17.2 Å². The van der Waals surface area contributed by atoms with Gasteiger partial charge in [-0.2, -0.15) is 0 Å². The third-order valence-corrected chi connectivity index (χ3v) is 1.97. The minimum atomic E-state index is -1.01. The van der Waals surface area contributed by atoms with Gasteiger partial charge in [0.1, 0.15) is 6.61 Å². The summed E-state index contributed by atoms with van der Waals surface area (Å²) in [5.41, 5.74) is 0. The monoisotopic (exact) mass is 238 g/mol. The summed E-state index contributed by atoms with van der Waals surface area (Å²) in [4.78, 5) is 10.3. The fourth-order valence-corrected chi connectivity index (χ4v) is 1.24. The molecule has 0 unspecified atom stereocenters. The summed E-state index contributed by atoms with van der Waals surface area (Å²) in [6, 6.07) is 5.25. The number of carboxylic acid groups (broad SMARTS) is 1. The van der Waals surface area contributed by atoms with Crippen LogP contribution in [0, 0.1) is 0 Å². The molecule has 0 aliphatic heterocycles. The van der Waals surface area contributed by atoms with E-state index in [-0.39, 0.29) is 6.61 Å². The van der Waals surface area contributed by atoms with Crippen LogP contribution in [0.1, 0.15) is 0 Å². The first kappa shape index (κ1) is 12.9. The van der Waals surface area contributed by atoms with Crippen molar-refractivity contribution in [3.63, 3.8) is 0 Å². The van der Waals surface area contributed by atoms with Gasteiger partial charge in [0, 0.05) is 6.08 Å². The maximum atomic E-state index is 10.3. The molecule has 1 aromatic carbocycles. The molecular weight excluding hydrogens is 224 g/mol. The number of rotatable bonds is 6. The molecule has 1 rings (SSSR count). The molecule has 0 fully saturated rings. The number of benzene rings is 1. The largest absolute Gasteiger partial charge is 0.493 e. The molecule has 0 saturated heterocycles. The molecule has 0 amide bonds. The van der Waals surface area contributed by atoms with E-state index < -0.39 is 5.97 Å². The van der Waals surface area contributed by atoms with E-state index in [1.54, 1.807) is 18.2 Å². The topological polar surface area (TPSA) is 65.0 Å². The number of aliphatic carboxylic acids is 1. The quantitative estimate of drug-likeness (QED) is 0.764. The molecule has 1 aromatic rings. The van der Waals surface area contributed by atoms with Crippen molar-refractivity contribution in [1.29, 1.82) is 0 Å². The third-order valence-electron chi connectivity index (χ3n) is 1.97. The van der Waals surface area contributed by atoms with Gasteiger partial charge in [-0.1, -0.05) is 6.07 Å². The molecule has 92 valence electrons. The zero-order valence-corrected chi connectivity index (χ0v) is 9.67. The molecule has 0 aliphatic carbocycles. The molecule has 0 spiro atoms. The summed E-state index contributed by atoms with van der Waals surface area (Å²) in [5.74, 6) is 0.509. The first-order valence-corrected chi connectivity index (χ1v) is 4.92. The normalized spacial score (nSPS) is 10.2. The van der Waals surface area contributed by atoms with Crippen molar-refractivity contribution in [2.24, 2.45) is 0 Å². The van der Waals surface area contributed by atoms with Gasteiger partial charge >= 0.3 is 5.97 Å². The van der Waals surface area contributed by atoms with Gasteiger partial charge in [-0.15, -0.1) is 0 Å². The van der Waals surface area contributed by atoms with Gasteiger partial charge in [-0.25, -0.2) is 4.79 Å². The van der Waals surface area contributed by atoms with E-state index in [0.717, 1.165) is 6.08 Å². The fraction of sp³-hybridized carbons (Fsp3) is 0.250. The Hall–Kier alpha value is -2.17. The van der Waals surface area contributed by atoms with E-state index in [1.165, 1.54) is 20.3 Å². The summed E-state index contributed by atoms with van der Waals surface area (Å²) >= 11 is 0. The summed E-state index contributed by atoms with van der Waals surface area (Å²) in [6.07, 6.45) is 2.41. The molecule has 0 radical (unpaired) electrons. The number of hydrogen-bond acceptors (Lipinski definition) is 4. The smallest absolute Gasteiger partial charge is 0.328 e. The second-order valence-electron chi connectivity index (χ2n) is 3.04. The number of methoxy groups -OCH3 is 2. The van der Waals surface area contributed by atoms with Crippen LogP contribution in [0.5, 0.6) is 17.2 Å². The maximum Gasteiger partial charge on any atom is 0.328 e. The van der Waals surface area contributed by atoms with Crippen molar-refractivity contribution < 1.29 is 24.1 Å². The second-order valence-corrected chi connectivity index (χ2v) is 3.04. The maximum absolute atomic E-state index is 10.3. The van der Waals surface area contributed by atoms with Crippen LogP contribution < -0.4 is 14.2 Å². The van der Waals surface area contributed by atoms with Crippen LogP contribution in [0.4, 0.5) is 0 Å². The van der Waals surface area contributed by atoms with Gasteiger partial charge in [0.2, 0.25) is 5.75 Å². The van der Waals surface area contributed by atoms with Crippen molar-refractivity contribution in [2.45, 2.75) is 0 Å². The standard InChI is InChI=1S/C12H14O5/c1-15-9-5-3-6-10(16-2)12(9)17-8-4-7-11(13)14/h3-7H,8H2,1-2H3,(H,13,14)/b7-4+. The van der Waals surface area contributed by atoms with Crippen LogP contribution in [0.25, 0.3) is 0 Å². The number of ether oxygens (including phenoxy) is 3. The highest BCUT2D eigenvalue weighted by Crippen LogP contribution is 2.36. The van der Waals surface area contributed by atoms with E-state index in [1.807, 2.05) is 0 Å². The Morgan fingerprint density at radius 2 is 1.88 bits per heavy atom. The highest BCUT2D eigenvalue weighted by atomic mass is 16.5. The molecule has 17 heavy (non-hydrogen) atoms. The molecule has 0 saturated carbocycles. The number of carbonyl (C=O) groups is 1. The highest BCUT2D eigenvalue weighted by Gasteiger charge is 2.10. The average molecular weight is 238 g/mol. The highest BCUT2D eigenvalue weighted by molar-refractivity contribution is 5.79. The zero-order chi connectivity index (χ0) is 12.7. The third kappa shape index (κ3) is 3.71. The van der Waals surface area contributed by atoms with Crippen molar-refractivity contribution in [2.75, 3.05) is 20.8 Å². The van der Waals surface area contributed by atoms with Crippen molar-refractivity contribution in [3.8, 4) is 17.2 Å². The lowest BCUT2D eigenvalue weighted by Crippen LogP contribution is -2.00. The van der Waals surface area contributed by atoms with E-state index in [9.17, 15) is 4.79 Å². The lowest BCUT2D eigenvalue weighted by Gasteiger charge is -2.12. The average Bonchev–Trinajstić information content (AvgIpc) is 2.34. The Kier molecular flexibility index (Phi) is 4.87. The van der Waals surface area contributed by atoms with Gasteiger partial charge in [0.05, 0.1) is 14.2 Å². The summed E-state index contributed by atoms with van der Waals surface area (Å²) < 4.78 is 15.6. The molecule has 0 aliphatic rings. The summed E-state index contributed by atoms with van der Waals surface area (Å²) in [5, 5.41) is 8.42. The van der Waals surface area contributed by atoms with Gasteiger partial charge in [0.15, 0.2) is 11.5 Å². The van der Waals surface area contributed by atoms with Crippen LogP contribution in [-0.2, 0) is 4.79 Å². The van der Waals surface area contributed by atoms with E-state index in [4.69, 9.17) is 19.3 Å². The molecular formula is C12H14O5. The Morgan fingerprint density at radius 1 is 1.29 bits per heavy atom. The minimum Gasteiger partial charge on any atom is -0.493 e. The van der Waals surface area contributed by atoms with Gasteiger partial charge < -0.3 is 19.3 Å². The lowest BCUT2D eigenvalue weighted by molar-refractivity contribution is -0.131. The van der Waals surface area contributed by atoms with Gasteiger partial charge in [0.25, 0.3) is 0 Å². The van der Waals surface area contributed by atoms with Gasteiger partial charge in [-0.05, 0) is 18.2 Å². The molecule has 5 heteroatoms. The predicted octanol–water partition coefficient (Wildman–Crippen LogP) is 1.72. The van der Waals surface area contributed by atoms with Crippen molar-refractivity contribution in [1.82, 2.24) is 0 Å². The number of para-hydroxylation sites is 1. The summed E-state index contributed by atoms with van der Waals surface area (Å²) in [6.45, 7) is 0.128. The Morgan fingerprint density at radius 3 is 2.35 bits per heavy atom. The van der Waals surface area contributed by atoms with Crippen LogP contribution in [-0.4, -0.2) is 31.9 Å². The first-order valence-electron chi connectivity index (χ1n) is 4.92. The van der Waals surface area contributed by atoms with Crippen molar-refractivity contribution in [3.05, 3.63) is 30.4 Å². The zero-order valence-electron chi connectivity index (χ0n) is 9.67.